The van der Waals surface area contributed by atoms with Crippen molar-refractivity contribution < 1.29 is 0 Å². The van der Waals surface area contributed by atoms with E-state index in [1.54, 1.807) is 0 Å². The molecule has 3 rings (SSSR count). The number of para-hydroxylation sites is 1. The van der Waals surface area contributed by atoms with Crippen LogP contribution < -0.4 is 4.90 Å². The number of halogens is 2. The SMILES string of the molecule is Clc1cccc(CBr)c1N1CCC(N2CCCCC2)CC1. The van der Waals surface area contributed by atoms with Crippen molar-refractivity contribution in [1.82, 2.24) is 4.90 Å². The summed E-state index contributed by atoms with van der Waals surface area (Å²) in [7, 11) is 0. The molecule has 0 N–H and O–H groups in total. The van der Waals surface area contributed by atoms with Crippen molar-refractivity contribution in [2.24, 2.45) is 0 Å². The van der Waals surface area contributed by atoms with Crippen LogP contribution in [0.4, 0.5) is 5.69 Å². The van der Waals surface area contributed by atoms with E-state index < -0.39 is 0 Å². The van der Waals surface area contributed by atoms with E-state index >= 15 is 0 Å². The first-order valence-electron chi connectivity index (χ1n) is 8.12. The van der Waals surface area contributed by atoms with Crippen molar-refractivity contribution in [3.63, 3.8) is 0 Å². The van der Waals surface area contributed by atoms with Crippen molar-refractivity contribution in [2.75, 3.05) is 31.1 Å². The van der Waals surface area contributed by atoms with E-state index in [0.717, 1.165) is 29.5 Å². The van der Waals surface area contributed by atoms with Crippen LogP contribution >= 0.6 is 27.5 Å². The minimum Gasteiger partial charge on any atom is -0.370 e. The van der Waals surface area contributed by atoms with Crippen LogP contribution in [0.15, 0.2) is 18.2 Å². The molecule has 21 heavy (non-hydrogen) atoms. The molecule has 1 aromatic carbocycles. The molecular formula is C17H24BrClN2. The summed E-state index contributed by atoms with van der Waals surface area (Å²) in [5.74, 6) is 0. The summed E-state index contributed by atoms with van der Waals surface area (Å²) >= 11 is 10.0. The Morgan fingerprint density at radius 2 is 1.76 bits per heavy atom. The van der Waals surface area contributed by atoms with Gasteiger partial charge in [0, 0.05) is 24.5 Å². The monoisotopic (exact) mass is 370 g/mol. The summed E-state index contributed by atoms with van der Waals surface area (Å²) in [6.07, 6.45) is 6.74. The van der Waals surface area contributed by atoms with E-state index in [0.29, 0.717) is 0 Å². The second-order valence-electron chi connectivity index (χ2n) is 6.20. The van der Waals surface area contributed by atoms with Gasteiger partial charge >= 0.3 is 0 Å². The third-order valence-electron chi connectivity index (χ3n) is 4.90. The summed E-state index contributed by atoms with van der Waals surface area (Å²) in [5, 5.41) is 1.76. The smallest absolute Gasteiger partial charge is 0.0642 e. The molecule has 2 aliphatic heterocycles. The minimum atomic E-state index is 0.788. The largest absolute Gasteiger partial charge is 0.370 e. The zero-order valence-electron chi connectivity index (χ0n) is 12.5. The summed E-state index contributed by atoms with van der Waals surface area (Å²) in [6.45, 7) is 4.88. The van der Waals surface area contributed by atoms with Crippen LogP contribution in [-0.4, -0.2) is 37.1 Å². The zero-order chi connectivity index (χ0) is 14.7. The third-order valence-corrected chi connectivity index (χ3v) is 5.81. The van der Waals surface area contributed by atoms with E-state index in [1.807, 2.05) is 12.1 Å². The Morgan fingerprint density at radius 3 is 2.43 bits per heavy atom. The van der Waals surface area contributed by atoms with Crippen LogP contribution in [0.25, 0.3) is 0 Å². The number of hydrogen-bond acceptors (Lipinski definition) is 2. The molecule has 0 unspecified atom stereocenters. The summed E-state index contributed by atoms with van der Waals surface area (Å²) in [5.41, 5.74) is 2.55. The lowest BCUT2D eigenvalue weighted by Crippen LogP contribution is -2.47. The van der Waals surface area contributed by atoms with E-state index in [1.165, 1.54) is 56.4 Å². The molecule has 2 fully saturated rings. The lowest BCUT2D eigenvalue weighted by Gasteiger charge is -2.41. The Hall–Kier alpha value is -0.250. The van der Waals surface area contributed by atoms with E-state index in [4.69, 9.17) is 11.6 Å². The number of anilines is 1. The average Bonchev–Trinajstić information content (AvgIpc) is 2.55. The first-order chi connectivity index (χ1) is 10.3. The topological polar surface area (TPSA) is 6.48 Å². The second-order valence-corrected chi connectivity index (χ2v) is 7.16. The summed E-state index contributed by atoms with van der Waals surface area (Å²) in [6, 6.07) is 7.02. The van der Waals surface area contributed by atoms with E-state index in [2.05, 4.69) is 31.8 Å². The molecule has 0 aliphatic carbocycles. The number of alkyl halides is 1. The molecule has 0 spiro atoms. The number of piperidine rings is 2. The highest BCUT2D eigenvalue weighted by atomic mass is 79.9. The molecule has 0 aromatic heterocycles. The molecule has 0 amide bonds. The molecule has 2 aliphatic rings. The molecule has 1 aromatic rings. The van der Waals surface area contributed by atoms with Gasteiger partial charge in [0.15, 0.2) is 0 Å². The molecular weight excluding hydrogens is 348 g/mol. The van der Waals surface area contributed by atoms with Crippen LogP contribution in [0.5, 0.6) is 0 Å². The quantitative estimate of drug-likeness (QED) is 0.711. The second kappa shape index (κ2) is 7.34. The molecule has 0 saturated carbocycles. The number of rotatable bonds is 3. The van der Waals surface area contributed by atoms with Crippen molar-refractivity contribution in [3.8, 4) is 0 Å². The Labute approximate surface area is 141 Å². The standard InChI is InChI=1S/C17H24BrClN2/c18-13-14-5-4-6-16(19)17(14)21-11-7-15(8-12-21)20-9-2-1-3-10-20/h4-6,15H,1-3,7-13H2. The van der Waals surface area contributed by atoms with Gasteiger partial charge in [0.05, 0.1) is 10.7 Å². The van der Waals surface area contributed by atoms with Gasteiger partial charge in [-0.2, -0.15) is 0 Å². The van der Waals surface area contributed by atoms with Crippen LogP contribution in [0.2, 0.25) is 5.02 Å². The summed E-state index contributed by atoms with van der Waals surface area (Å²) < 4.78 is 0. The van der Waals surface area contributed by atoms with Gasteiger partial charge in [-0.1, -0.05) is 46.1 Å². The van der Waals surface area contributed by atoms with Gasteiger partial charge in [-0.3, -0.25) is 0 Å². The molecule has 2 heterocycles. The summed E-state index contributed by atoms with van der Waals surface area (Å²) in [4.78, 5) is 5.21. The van der Waals surface area contributed by atoms with Gasteiger partial charge in [-0.25, -0.2) is 0 Å². The molecule has 0 radical (unpaired) electrons. The van der Waals surface area contributed by atoms with Crippen LogP contribution in [0.1, 0.15) is 37.7 Å². The van der Waals surface area contributed by atoms with Gasteiger partial charge in [-0.05, 0) is 50.4 Å². The van der Waals surface area contributed by atoms with Crippen molar-refractivity contribution in [2.45, 2.75) is 43.5 Å². The Kier molecular flexibility index (Phi) is 5.47. The van der Waals surface area contributed by atoms with Crippen molar-refractivity contribution >= 4 is 33.2 Å². The Bertz CT molecular complexity index is 466. The van der Waals surface area contributed by atoms with Crippen LogP contribution in [0.3, 0.4) is 0 Å². The van der Waals surface area contributed by atoms with Crippen molar-refractivity contribution in [1.29, 1.82) is 0 Å². The van der Waals surface area contributed by atoms with Crippen molar-refractivity contribution in [3.05, 3.63) is 28.8 Å². The first kappa shape index (κ1) is 15.6. The molecule has 116 valence electrons. The normalized spacial score (nSPS) is 21.7. The van der Waals surface area contributed by atoms with E-state index in [9.17, 15) is 0 Å². The van der Waals surface area contributed by atoms with E-state index in [-0.39, 0.29) is 0 Å². The van der Waals surface area contributed by atoms with Crippen LogP contribution in [0, 0.1) is 0 Å². The van der Waals surface area contributed by atoms with Gasteiger partial charge in [0.1, 0.15) is 0 Å². The van der Waals surface area contributed by atoms with Gasteiger partial charge in [-0.15, -0.1) is 0 Å². The minimum absolute atomic E-state index is 0.788. The number of nitrogens with zero attached hydrogens (tertiary/aromatic N) is 2. The van der Waals surface area contributed by atoms with Crippen LogP contribution in [-0.2, 0) is 5.33 Å². The predicted molar refractivity (Wildman–Crippen MR) is 94.7 cm³/mol. The highest BCUT2D eigenvalue weighted by Gasteiger charge is 2.27. The number of likely N-dealkylation sites (tertiary alicyclic amines) is 1. The molecule has 0 atom stereocenters. The highest BCUT2D eigenvalue weighted by Crippen LogP contribution is 2.34. The number of benzene rings is 1. The third kappa shape index (κ3) is 3.57. The lowest BCUT2D eigenvalue weighted by atomic mass is 9.99. The molecule has 2 saturated heterocycles. The fourth-order valence-electron chi connectivity index (χ4n) is 3.76. The highest BCUT2D eigenvalue weighted by molar-refractivity contribution is 9.08. The van der Waals surface area contributed by atoms with Gasteiger partial charge in [0.25, 0.3) is 0 Å². The predicted octanol–water partition coefficient (Wildman–Crippen LogP) is 4.69. The molecule has 0 bridgehead atoms. The maximum absolute atomic E-state index is 6.45. The molecule has 4 heteroatoms. The maximum atomic E-state index is 6.45. The van der Waals surface area contributed by atoms with Gasteiger partial charge < -0.3 is 9.80 Å². The average molecular weight is 372 g/mol. The van der Waals surface area contributed by atoms with Gasteiger partial charge in [0.2, 0.25) is 0 Å². The Balaban J connectivity index is 1.65. The fraction of sp³-hybridized carbons (Fsp3) is 0.647. The fourth-order valence-corrected chi connectivity index (χ4v) is 4.53. The zero-order valence-corrected chi connectivity index (χ0v) is 14.9. The first-order valence-corrected chi connectivity index (χ1v) is 9.62. The molecule has 2 nitrogen and oxygen atoms in total. The number of hydrogen-bond donors (Lipinski definition) is 0. The Morgan fingerprint density at radius 1 is 1.05 bits per heavy atom. The maximum Gasteiger partial charge on any atom is 0.0642 e. The lowest BCUT2D eigenvalue weighted by molar-refractivity contribution is 0.141.